The minimum atomic E-state index is -0.566. The predicted molar refractivity (Wildman–Crippen MR) is 95.4 cm³/mol. The SMILES string of the molecule is CN1[C@@H]2CC[C@H]1C[C@@H](OC(=O)C(CO)c1ccccc1)C2.I. The summed E-state index contributed by atoms with van der Waals surface area (Å²) in [6, 6.07) is 10.5. The first kappa shape index (κ1) is 17.7. The van der Waals surface area contributed by atoms with E-state index in [1.54, 1.807) is 0 Å². The average Bonchev–Trinajstić information content (AvgIpc) is 2.72. The second kappa shape index (κ2) is 7.75. The molecule has 1 unspecified atom stereocenters. The number of aliphatic hydroxyl groups is 1. The summed E-state index contributed by atoms with van der Waals surface area (Å²) in [7, 11) is 2.17. The van der Waals surface area contributed by atoms with E-state index < -0.39 is 5.92 Å². The number of rotatable bonds is 4. The Morgan fingerprint density at radius 1 is 1.27 bits per heavy atom. The van der Waals surface area contributed by atoms with Crippen molar-refractivity contribution in [2.45, 2.75) is 49.8 Å². The Morgan fingerprint density at radius 3 is 2.41 bits per heavy atom. The van der Waals surface area contributed by atoms with E-state index >= 15 is 0 Å². The number of carbonyl (C=O) groups excluding carboxylic acids is 1. The summed E-state index contributed by atoms with van der Waals surface area (Å²) in [5.74, 6) is -0.860. The molecule has 122 valence electrons. The molecule has 1 aromatic rings. The van der Waals surface area contributed by atoms with E-state index in [1.807, 2.05) is 30.3 Å². The standard InChI is InChI=1S/C17H23NO3.HI/c1-18-13-7-8-14(18)10-15(9-13)21-17(20)16(11-19)12-5-3-2-4-6-12;/h2-6,13-16,19H,7-11H2,1H3;1H/t13-,14+,15+,16?;. The number of esters is 1. The maximum absolute atomic E-state index is 12.4. The predicted octanol–water partition coefficient (Wildman–Crippen LogP) is 2.55. The van der Waals surface area contributed by atoms with Crippen molar-refractivity contribution >= 4 is 29.9 Å². The van der Waals surface area contributed by atoms with Crippen molar-refractivity contribution < 1.29 is 14.6 Å². The van der Waals surface area contributed by atoms with Gasteiger partial charge in [0.25, 0.3) is 0 Å². The largest absolute Gasteiger partial charge is 0.462 e. The molecule has 3 rings (SSSR count). The fourth-order valence-electron chi connectivity index (χ4n) is 3.71. The monoisotopic (exact) mass is 417 g/mol. The second-order valence-electron chi connectivity index (χ2n) is 6.23. The lowest BCUT2D eigenvalue weighted by Crippen LogP contribution is -2.43. The topological polar surface area (TPSA) is 49.8 Å². The van der Waals surface area contributed by atoms with Crippen LogP contribution in [0.1, 0.15) is 37.2 Å². The smallest absolute Gasteiger partial charge is 0.316 e. The van der Waals surface area contributed by atoms with Gasteiger partial charge < -0.3 is 14.7 Å². The molecule has 1 N–H and O–H groups in total. The van der Waals surface area contributed by atoms with Gasteiger partial charge in [0.1, 0.15) is 12.0 Å². The summed E-state index contributed by atoms with van der Waals surface area (Å²) < 4.78 is 5.70. The molecule has 0 spiro atoms. The van der Waals surface area contributed by atoms with E-state index in [-0.39, 0.29) is 42.7 Å². The Labute approximate surface area is 148 Å². The zero-order valence-electron chi connectivity index (χ0n) is 12.9. The maximum Gasteiger partial charge on any atom is 0.316 e. The molecular weight excluding hydrogens is 393 g/mol. The van der Waals surface area contributed by atoms with Crippen LogP contribution >= 0.6 is 24.0 Å². The van der Waals surface area contributed by atoms with Crippen molar-refractivity contribution in [3.05, 3.63) is 35.9 Å². The lowest BCUT2D eigenvalue weighted by Gasteiger charge is -2.36. The molecule has 0 saturated carbocycles. The molecule has 0 amide bonds. The number of halogens is 1. The molecule has 2 fully saturated rings. The summed E-state index contributed by atoms with van der Waals surface area (Å²) in [6.07, 6.45) is 4.26. The highest BCUT2D eigenvalue weighted by atomic mass is 127. The number of piperidine rings is 1. The summed E-state index contributed by atoms with van der Waals surface area (Å²) in [5.41, 5.74) is 0.820. The molecule has 1 aromatic carbocycles. The summed E-state index contributed by atoms with van der Waals surface area (Å²) in [4.78, 5) is 14.8. The van der Waals surface area contributed by atoms with Gasteiger partial charge in [-0.15, -0.1) is 24.0 Å². The minimum absolute atomic E-state index is 0. The van der Waals surface area contributed by atoms with E-state index in [9.17, 15) is 9.90 Å². The van der Waals surface area contributed by atoms with Crippen molar-refractivity contribution in [3.63, 3.8) is 0 Å². The summed E-state index contributed by atoms with van der Waals surface area (Å²) >= 11 is 0. The van der Waals surface area contributed by atoms with Crippen LogP contribution in [0.25, 0.3) is 0 Å². The van der Waals surface area contributed by atoms with Crippen LogP contribution in [0, 0.1) is 0 Å². The van der Waals surface area contributed by atoms with Crippen LogP contribution < -0.4 is 0 Å². The van der Waals surface area contributed by atoms with Crippen LogP contribution in [-0.2, 0) is 9.53 Å². The van der Waals surface area contributed by atoms with Crippen LogP contribution in [0.15, 0.2) is 30.3 Å². The number of hydrogen-bond donors (Lipinski definition) is 1. The maximum atomic E-state index is 12.4. The van der Waals surface area contributed by atoms with E-state index in [0.29, 0.717) is 12.1 Å². The molecule has 2 saturated heterocycles. The minimum Gasteiger partial charge on any atom is -0.462 e. The highest BCUT2D eigenvalue weighted by Gasteiger charge is 2.40. The molecule has 2 bridgehead atoms. The number of fused-ring (bicyclic) bond motifs is 2. The number of benzene rings is 1. The van der Waals surface area contributed by atoms with Crippen LogP contribution in [0.5, 0.6) is 0 Å². The third-order valence-electron chi connectivity index (χ3n) is 5.01. The van der Waals surface area contributed by atoms with Gasteiger partial charge in [0, 0.05) is 12.1 Å². The Morgan fingerprint density at radius 2 is 1.86 bits per heavy atom. The van der Waals surface area contributed by atoms with Gasteiger partial charge in [-0.1, -0.05) is 30.3 Å². The molecule has 2 aliphatic rings. The van der Waals surface area contributed by atoms with Crippen LogP contribution in [0.4, 0.5) is 0 Å². The highest BCUT2D eigenvalue weighted by Crippen LogP contribution is 2.36. The third-order valence-corrected chi connectivity index (χ3v) is 5.01. The van der Waals surface area contributed by atoms with E-state index in [4.69, 9.17) is 4.74 Å². The zero-order valence-corrected chi connectivity index (χ0v) is 15.2. The van der Waals surface area contributed by atoms with Crippen molar-refractivity contribution in [2.24, 2.45) is 0 Å². The van der Waals surface area contributed by atoms with Gasteiger partial charge in [-0.2, -0.15) is 0 Å². The number of nitrogens with zero attached hydrogens (tertiary/aromatic N) is 1. The van der Waals surface area contributed by atoms with Crippen molar-refractivity contribution in [2.75, 3.05) is 13.7 Å². The van der Waals surface area contributed by atoms with Gasteiger partial charge in [-0.05, 0) is 38.3 Å². The lowest BCUT2D eigenvalue weighted by atomic mass is 9.98. The molecule has 4 atom stereocenters. The Kier molecular flexibility index (Phi) is 6.23. The molecule has 22 heavy (non-hydrogen) atoms. The van der Waals surface area contributed by atoms with E-state index in [0.717, 1.165) is 18.4 Å². The van der Waals surface area contributed by atoms with Crippen molar-refractivity contribution in [1.82, 2.24) is 4.90 Å². The quantitative estimate of drug-likeness (QED) is 0.605. The average molecular weight is 417 g/mol. The van der Waals surface area contributed by atoms with Crippen LogP contribution in [0.3, 0.4) is 0 Å². The zero-order chi connectivity index (χ0) is 14.8. The number of aliphatic hydroxyl groups excluding tert-OH is 1. The molecule has 0 aliphatic carbocycles. The van der Waals surface area contributed by atoms with Crippen LogP contribution in [-0.4, -0.2) is 47.8 Å². The van der Waals surface area contributed by atoms with Gasteiger partial charge in [0.15, 0.2) is 0 Å². The first-order valence-corrected chi connectivity index (χ1v) is 7.77. The van der Waals surface area contributed by atoms with Gasteiger partial charge in [0.2, 0.25) is 0 Å². The normalized spacial score (nSPS) is 28.7. The van der Waals surface area contributed by atoms with E-state index in [2.05, 4.69) is 11.9 Å². The molecular formula is C17H24INO3. The van der Waals surface area contributed by atoms with Gasteiger partial charge in [0.05, 0.1) is 6.61 Å². The Bertz CT molecular complexity index is 482. The Hall–Kier alpha value is -0.660. The number of ether oxygens (including phenoxy) is 1. The molecule has 2 aliphatic heterocycles. The summed E-state index contributed by atoms with van der Waals surface area (Å²) in [5, 5.41) is 9.53. The third kappa shape index (κ3) is 3.63. The molecule has 0 radical (unpaired) electrons. The van der Waals surface area contributed by atoms with E-state index in [1.165, 1.54) is 12.8 Å². The fraction of sp³-hybridized carbons (Fsp3) is 0.588. The first-order valence-electron chi connectivity index (χ1n) is 7.77. The fourth-order valence-corrected chi connectivity index (χ4v) is 3.71. The number of carbonyl (C=O) groups is 1. The molecule has 2 heterocycles. The van der Waals surface area contributed by atoms with Crippen molar-refractivity contribution in [1.29, 1.82) is 0 Å². The Balaban J connectivity index is 0.00000176. The molecule has 0 aromatic heterocycles. The molecule has 4 nitrogen and oxygen atoms in total. The van der Waals surface area contributed by atoms with Crippen LogP contribution in [0.2, 0.25) is 0 Å². The highest BCUT2D eigenvalue weighted by molar-refractivity contribution is 14.0. The van der Waals surface area contributed by atoms with Gasteiger partial charge >= 0.3 is 5.97 Å². The summed E-state index contributed by atoms with van der Waals surface area (Å²) in [6.45, 7) is -0.206. The van der Waals surface area contributed by atoms with Crippen molar-refractivity contribution in [3.8, 4) is 0 Å². The molecule has 5 heteroatoms. The number of hydrogen-bond acceptors (Lipinski definition) is 4. The van der Waals surface area contributed by atoms with Gasteiger partial charge in [-0.3, -0.25) is 4.79 Å². The lowest BCUT2D eigenvalue weighted by molar-refractivity contribution is -0.155. The second-order valence-corrected chi connectivity index (χ2v) is 6.23. The van der Waals surface area contributed by atoms with Gasteiger partial charge in [-0.25, -0.2) is 0 Å². The first-order chi connectivity index (χ1) is 10.2.